The number of ketones is 1. The number of rotatable bonds is 10. The highest BCUT2D eigenvalue weighted by Crippen LogP contribution is 2.13. The number of Topliss-reactive ketones (excluding diaryl/α,β-unsaturated/α-hetero) is 1. The molecule has 0 aliphatic heterocycles. The Bertz CT molecular complexity index is 357. The molecule has 0 bridgehead atoms. The third kappa shape index (κ3) is 7.62. The fourth-order valence-corrected chi connectivity index (χ4v) is 1.64. The van der Waals surface area contributed by atoms with Crippen molar-refractivity contribution in [2.75, 3.05) is 19.8 Å². The first-order chi connectivity index (χ1) is 9.22. The van der Waals surface area contributed by atoms with Gasteiger partial charge in [0.1, 0.15) is 18.1 Å². The maximum atomic E-state index is 10.9. The average Bonchev–Trinajstić information content (AvgIpc) is 2.41. The third-order valence-corrected chi connectivity index (χ3v) is 2.83. The van der Waals surface area contributed by atoms with Crippen LogP contribution in [-0.2, 0) is 16.0 Å². The van der Waals surface area contributed by atoms with Crippen molar-refractivity contribution < 1.29 is 14.3 Å². The number of unbranched alkanes of at least 4 members (excludes halogenated alkanes) is 1. The number of ether oxygens (including phenoxy) is 2. The van der Waals surface area contributed by atoms with Gasteiger partial charge in [-0.1, -0.05) is 25.5 Å². The number of aryl methyl sites for hydroxylation is 1. The molecule has 0 aromatic heterocycles. The molecule has 0 amide bonds. The van der Waals surface area contributed by atoms with Gasteiger partial charge < -0.3 is 14.3 Å². The fraction of sp³-hybridized carbons (Fsp3) is 0.562. The first-order valence-corrected chi connectivity index (χ1v) is 7.01. The van der Waals surface area contributed by atoms with Gasteiger partial charge in [-0.25, -0.2) is 0 Å². The van der Waals surface area contributed by atoms with E-state index in [4.69, 9.17) is 9.47 Å². The fourth-order valence-electron chi connectivity index (χ4n) is 1.64. The van der Waals surface area contributed by atoms with Gasteiger partial charge in [-0.3, -0.25) is 0 Å². The number of benzene rings is 1. The molecule has 3 nitrogen and oxygen atoms in total. The highest BCUT2D eigenvalue weighted by atomic mass is 16.5. The van der Waals surface area contributed by atoms with E-state index in [1.807, 2.05) is 24.3 Å². The Balaban J connectivity index is 2.19. The Hall–Kier alpha value is -1.35. The van der Waals surface area contributed by atoms with Crippen LogP contribution in [0.15, 0.2) is 24.3 Å². The van der Waals surface area contributed by atoms with E-state index in [9.17, 15) is 4.79 Å². The summed E-state index contributed by atoms with van der Waals surface area (Å²) in [6.07, 6.45) is 3.66. The maximum absolute atomic E-state index is 10.9. The second-order valence-corrected chi connectivity index (χ2v) is 4.66. The van der Waals surface area contributed by atoms with Crippen LogP contribution >= 0.6 is 0 Å². The summed E-state index contributed by atoms with van der Waals surface area (Å²) in [5, 5.41) is 0. The molecule has 0 N–H and O–H groups in total. The molecule has 0 heterocycles. The van der Waals surface area contributed by atoms with Crippen molar-refractivity contribution in [1.82, 2.24) is 0 Å². The van der Waals surface area contributed by atoms with Gasteiger partial charge in [-0.2, -0.15) is 0 Å². The molecule has 106 valence electrons. The zero-order valence-corrected chi connectivity index (χ0v) is 12.0. The molecule has 0 aliphatic carbocycles. The van der Waals surface area contributed by atoms with Gasteiger partial charge in [0.25, 0.3) is 0 Å². The van der Waals surface area contributed by atoms with Gasteiger partial charge in [-0.15, -0.1) is 0 Å². The zero-order chi connectivity index (χ0) is 13.9. The average molecular weight is 264 g/mol. The molecule has 1 aromatic carbocycles. The summed E-state index contributed by atoms with van der Waals surface area (Å²) >= 11 is 0. The molecule has 0 atom stereocenters. The molecule has 1 rings (SSSR count). The molecular formula is C16H24O3. The monoisotopic (exact) mass is 264 g/mol. The minimum Gasteiger partial charge on any atom is -0.491 e. The molecule has 0 saturated carbocycles. The molecule has 0 saturated heterocycles. The smallest absolute Gasteiger partial charge is 0.130 e. The van der Waals surface area contributed by atoms with Gasteiger partial charge in [0, 0.05) is 13.0 Å². The van der Waals surface area contributed by atoms with Crippen molar-refractivity contribution in [3.8, 4) is 5.75 Å². The number of carbonyl (C=O) groups is 1. The van der Waals surface area contributed by atoms with E-state index in [1.165, 1.54) is 5.56 Å². The predicted octanol–water partition coefficient (Wildman–Crippen LogP) is 3.40. The van der Waals surface area contributed by atoms with E-state index in [2.05, 4.69) is 6.92 Å². The van der Waals surface area contributed by atoms with E-state index in [0.717, 1.165) is 31.6 Å². The molecule has 0 fully saturated rings. The number of carbonyl (C=O) groups excluding carboxylic acids is 1. The Morgan fingerprint density at radius 2 is 1.84 bits per heavy atom. The maximum Gasteiger partial charge on any atom is 0.130 e. The lowest BCUT2D eigenvalue weighted by molar-refractivity contribution is -0.116. The predicted molar refractivity (Wildman–Crippen MR) is 76.7 cm³/mol. The summed E-state index contributed by atoms with van der Waals surface area (Å²) in [5.41, 5.74) is 1.17. The topological polar surface area (TPSA) is 35.5 Å². The van der Waals surface area contributed by atoms with Crippen LogP contribution in [0.25, 0.3) is 0 Å². The van der Waals surface area contributed by atoms with Gasteiger partial charge in [0.15, 0.2) is 0 Å². The molecule has 19 heavy (non-hydrogen) atoms. The van der Waals surface area contributed by atoms with E-state index < -0.39 is 0 Å². The minimum atomic E-state index is 0.226. The summed E-state index contributed by atoms with van der Waals surface area (Å²) in [4.78, 5) is 10.9. The normalized spacial score (nSPS) is 10.4. The molecule has 0 unspecified atom stereocenters. The first kappa shape index (κ1) is 15.7. The second kappa shape index (κ2) is 9.56. The highest BCUT2D eigenvalue weighted by molar-refractivity contribution is 5.75. The van der Waals surface area contributed by atoms with E-state index in [-0.39, 0.29) is 5.78 Å². The van der Waals surface area contributed by atoms with E-state index in [1.54, 1.807) is 6.92 Å². The minimum absolute atomic E-state index is 0.226. The standard InChI is InChI=1S/C16H24O3/c1-3-4-11-18-12-13-19-16-9-7-15(8-10-16)6-5-14(2)17/h7-10H,3-6,11-13H2,1-2H3. The van der Waals surface area contributed by atoms with Crippen LogP contribution in [0, 0.1) is 0 Å². The summed E-state index contributed by atoms with van der Waals surface area (Å²) in [6.45, 7) is 5.79. The Morgan fingerprint density at radius 3 is 2.47 bits per heavy atom. The van der Waals surface area contributed by atoms with Crippen LogP contribution in [-0.4, -0.2) is 25.6 Å². The molecule has 1 aromatic rings. The number of hydrogen-bond donors (Lipinski definition) is 0. The van der Waals surface area contributed by atoms with Crippen molar-refractivity contribution in [3.63, 3.8) is 0 Å². The lowest BCUT2D eigenvalue weighted by Crippen LogP contribution is -2.07. The van der Waals surface area contributed by atoms with Crippen molar-refractivity contribution in [2.24, 2.45) is 0 Å². The van der Waals surface area contributed by atoms with Gasteiger partial charge >= 0.3 is 0 Å². The van der Waals surface area contributed by atoms with Crippen LogP contribution in [0.3, 0.4) is 0 Å². The van der Waals surface area contributed by atoms with Crippen molar-refractivity contribution in [3.05, 3.63) is 29.8 Å². The summed E-state index contributed by atoms with van der Waals surface area (Å²) in [7, 11) is 0. The summed E-state index contributed by atoms with van der Waals surface area (Å²) in [6, 6.07) is 7.91. The van der Waals surface area contributed by atoms with Crippen LogP contribution in [0.1, 0.15) is 38.7 Å². The molecular weight excluding hydrogens is 240 g/mol. The van der Waals surface area contributed by atoms with Crippen LogP contribution in [0.5, 0.6) is 5.75 Å². The van der Waals surface area contributed by atoms with Crippen LogP contribution in [0.2, 0.25) is 0 Å². The first-order valence-electron chi connectivity index (χ1n) is 7.01. The van der Waals surface area contributed by atoms with E-state index in [0.29, 0.717) is 19.6 Å². The Morgan fingerprint density at radius 1 is 1.11 bits per heavy atom. The zero-order valence-electron chi connectivity index (χ0n) is 12.0. The summed E-state index contributed by atoms with van der Waals surface area (Å²) in [5.74, 6) is 1.08. The lowest BCUT2D eigenvalue weighted by atomic mass is 10.1. The highest BCUT2D eigenvalue weighted by Gasteiger charge is 1.98. The largest absolute Gasteiger partial charge is 0.491 e. The van der Waals surface area contributed by atoms with Crippen molar-refractivity contribution in [1.29, 1.82) is 0 Å². The van der Waals surface area contributed by atoms with Crippen LogP contribution < -0.4 is 4.74 Å². The Labute approximate surface area is 115 Å². The van der Waals surface area contributed by atoms with Gasteiger partial charge in [0.05, 0.1) is 6.61 Å². The molecule has 0 aliphatic rings. The Kier molecular flexibility index (Phi) is 7.91. The number of hydrogen-bond acceptors (Lipinski definition) is 3. The van der Waals surface area contributed by atoms with E-state index >= 15 is 0 Å². The third-order valence-electron chi connectivity index (χ3n) is 2.83. The lowest BCUT2D eigenvalue weighted by Gasteiger charge is -2.07. The second-order valence-electron chi connectivity index (χ2n) is 4.66. The van der Waals surface area contributed by atoms with Crippen molar-refractivity contribution >= 4 is 5.78 Å². The molecule has 0 spiro atoms. The molecule has 0 radical (unpaired) electrons. The van der Waals surface area contributed by atoms with Crippen LogP contribution in [0.4, 0.5) is 0 Å². The van der Waals surface area contributed by atoms with Gasteiger partial charge in [0.2, 0.25) is 0 Å². The molecule has 3 heteroatoms. The van der Waals surface area contributed by atoms with Crippen molar-refractivity contribution in [2.45, 2.75) is 39.5 Å². The SMILES string of the molecule is CCCCOCCOc1ccc(CCC(C)=O)cc1. The van der Waals surface area contributed by atoms with Gasteiger partial charge in [-0.05, 0) is 37.5 Å². The summed E-state index contributed by atoms with van der Waals surface area (Å²) < 4.78 is 11.0. The quantitative estimate of drug-likeness (QED) is 0.608.